The number of hydrogen-bond acceptors (Lipinski definition) is 4. The van der Waals surface area contributed by atoms with Gasteiger partial charge in [-0.2, -0.15) is 5.10 Å². The third kappa shape index (κ3) is 2.65. The normalized spacial score (nSPS) is 10.6. The topological polar surface area (TPSA) is 77.2 Å². The number of ether oxygens (including phenoxy) is 1. The number of rotatable bonds is 4. The number of carbonyl (C=O) groups is 1. The Balaban J connectivity index is 2.17. The molecule has 0 aliphatic carbocycles. The van der Waals surface area contributed by atoms with Gasteiger partial charge >= 0.3 is 5.97 Å². The molecule has 0 atom stereocenters. The molecule has 0 unspecified atom stereocenters. The summed E-state index contributed by atoms with van der Waals surface area (Å²) in [4.78, 5) is 14.7. The van der Waals surface area contributed by atoms with Crippen LogP contribution in [0.2, 0.25) is 0 Å². The van der Waals surface area contributed by atoms with Crippen molar-refractivity contribution in [3.8, 4) is 11.6 Å². The molecule has 18 heavy (non-hydrogen) atoms. The van der Waals surface area contributed by atoms with Crippen LogP contribution in [0.4, 0.5) is 0 Å². The largest absolute Gasteiger partial charge is 0.478 e. The first-order valence-corrected chi connectivity index (χ1v) is 5.47. The lowest BCUT2D eigenvalue weighted by Crippen LogP contribution is -2.00. The van der Waals surface area contributed by atoms with E-state index in [4.69, 9.17) is 9.84 Å². The highest BCUT2D eigenvalue weighted by molar-refractivity contribution is 5.87. The van der Waals surface area contributed by atoms with E-state index in [-0.39, 0.29) is 17.5 Å². The van der Waals surface area contributed by atoms with Crippen LogP contribution in [0, 0.1) is 0 Å². The van der Waals surface area contributed by atoms with Gasteiger partial charge in [-0.15, -0.1) is 0 Å². The van der Waals surface area contributed by atoms with Crippen LogP contribution in [0.1, 0.15) is 30.2 Å². The molecule has 0 bridgehead atoms. The minimum absolute atomic E-state index is 0.135. The standard InChI is InChI=1S/C12H13N3O3/c1-8(2)15-7-10(6-14-15)18-11-5-9(12(16)17)3-4-13-11/h3-8H,1-2H3,(H,16,17). The lowest BCUT2D eigenvalue weighted by atomic mass is 10.3. The third-order valence-corrected chi connectivity index (χ3v) is 2.31. The lowest BCUT2D eigenvalue weighted by Gasteiger charge is -2.04. The van der Waals surface area contributed by atoms with Crippen LogP contribution >= 0.6 is 0 Å². The van der Waals surface area contributed by atoms with Crippen molar-refractivity contribution in [2.45, 2.75) is 19.9 Å². The van der Waals surface area contributed by atoms with Crippen molar-refractivity contribution in [1.29, 1.82) is 0 Å². The molecule has 0 aliphatic rings. The summed E-state index contributed by atoms with van der Waals surface area (Å²) in [6.07, 6.45) is 4.70. The molecule has 6 nitrogen and oxygen atoms in total. The molecule has 2 aromatic rings. The predicted molar refractivity (Wildman–Crippen MR) is 63.9 cm³/mol. The highest BCUT2D eigenvalue weighted by atomic mass is 16.5. The third-order valence-electron chi connectivity index (χ3n) is 2.31. The second-order valence-corrected chi connectivity index (χ2v) is 4.04. The molecule has 0 radical (unpaired) electrons. The van der Waals surface area contributed by atoms with Gasteiger partial charge in [0.1, 0.15) is 0 Å². The first-order chi connectivity index (χ1) is 8.56. The average Bonchev–Trinajstić information content (AvgIpc) is 2.78. The first kappa shape index (κ1) is 12.1. The maximum Gasteiger partial charge on any atom is 0.335 e. The van der Waals surface area contributed by atoms with E-state index in [0.29, 0.717) is 5.75 Å². The zero-order chi connectivity index (χ0) is 13.1. The summed E-state index contributed by atoms with van der Waals surface area (Å²) in [7, 11) is 0. The number of hydrogen-bond donors (Lipinski definition) is 1. The van der Waals surface area contributed by atoms with Gasteiger partial charge in [0.25, 0.3) is 0 Å². The molecule has 0 fully saturated rings. The summed E-state index contributed by atoms with van der Waals surface area (Å²) in [5.41, 5.74) is 0.135. The summed E-state index contributed by atoms with van der Waals surface area (Å²) in [5.74, 6) is -0.253. The number of nitrogens with zero attached hydrogens (tertiary/aromatic N) is 3. The highest BCUT2D eigenvalue weighted by Gasteiger charge is 2.07. The molecule has 0 aromatic carbocycles. The maximum absolute atomic E-state index is 10.8. The van der Waals surface area contributed by atoms with E-state index in [9.17, 15) is 4.79 Å². The Labute approximate surface area is 104 Å². The summed E-state index contributed by atoms with van der Waals surface area (Å²) in [6, 6.07) is 3.02. The van der Waals surface area contributed by atoms with Gasteiger partial charge in [0.05, 0.1) is 18.0 Å². The minimum Gasteiger partial charge on any atom is -0.478 e. The smallest absolute Gasteiger partial charge is 0.335 e. The quantitative estimate of drug-likeness (QED) is 0.897. The number of aromatic nitrogens is 3. The van der Waals surface area contributed by atoms with E-state index < -0.39 is 5.97 Å². The molecule has 94 valence electrons. The van der Waals surface area contributed by atoms with Gasteiger partial charge in [-0.3, -0.25) is 4.68 Å². The van der Waals surface area contributed by atoms with Crippen LogP contribution in [0.3, 0.4) is 0 Å². The Hall–Kier alpha value is -2.37. The Kier molecular flexibility index (Phi) is 3.27. The second-order valence-electron chi connectivity index (χ2n) is 4.04. The molecule has 0 saturated carbocycles. The molecule has 0 spiro atoms. The fourth-order valence-corrected chi connectivity index (χ4v) is 1.37. The highest BCUT2D eigenvalue weighted by Crippen LogP contribution is 2.20. The van der Waals surface area contributed by atoms with Gasteiger partial charge in [0, 0.05) is 18.3 Å². The molecule has 2 rings (SSSR count). The van der Waals surface area contributed by atoms with E-state index in [1.54, 1.807) is 17.1 Å². The van der Waals surface area contributed by atoms with Crippen molar-refractivity contribution in [3.05, 3.63) is 36.3 Å². The number of carboxylic acid groups (broad SMARTS) is 1. The van der Waals surface area contributed by atoms with Crippen LogP contribution in [0.25, 0.3) is 0 Å². The number of aromatic carboxylic acids is 1. The van der Waals surface area contributed by atoms with Crippen LogP contribution in [0.15, 0.2) is 30.7 Å². The van der Waals surface area contributed by atoms with Crippen molar-refractivity contribution in [1.82, 2.24) is 14.8 Å². The van der Waals surface area contributed by atoms with Gasteiger partial charge in [-0.1, -0.05) is 0 Å². The lowest BCUT2D eigenvalue weighted by molar-refractivity contribution is 0.0696. The van der Waals surface area contributed by atoms with Crippen LogP contribution in [0.5, 0.6) is 11.6 Å². The Morgan fingerprint density at radius 3 is 2.89 bits per heavy atom. The van der Waals surface area contributed by atoms with Crippen LogP contribution in [-0.4, -0.2) is 25.8 Å². The van der Waals surface area contributed by atoms with Gasteiger partial charge < -0.3 is 9.84 Å². The van der Waals surface area contributed by atoms with E-state index >= 15 is 0 Å². The monoisotopic (exact) mass is 247 g/mol. The molecule has 0 saturated heterocycles. The van der Waals surface area contributed by atoms with E-state index in [1.165, 1.54) is 18.3 Å². The molecular formula is C12H13N3O3. The van der Waals surface area contributed by atoms with Crippen LogP contribution < -0.4 is 4.74 Å². The molecule has 6 heteroatoms. The van der Waals surface area contributed by atoms with Crippen molar-refractivity contribution in [2.75, 3.05) is 0 Å². The predicted octanol–water partition coefficient (Wildman–Crippen LogP) is 2.35. The summed E-state index contributed by atoms with van der Waals surface area (Å²) < 4.78 is 7.19. The maximum atomic E-state index is 10.8. The molecule has 0 amide bonds. The van der Waals surface area contributed by atoms with E-state index in [1.807, 2.05) is 13.8 Å². The van der Waals surface area contributed by atoms with Gasteiger partial charge in [-0.05, 0) is 19.9 Å². The van der Waals surface area contributed by atoms with Crippen LogP contribution in [-0.2, 0) is 0 Å². The molecule has 1 N–H and O–H groups in total. The zero-order valence-electron chi connectivity index (χ0n) is 10.1. The molecule has 2 heterocycles. The SMILES string of the molecule is CC(C)n1cc(Oc2cc(C(=O)O)ccn2)cn1. The molecule has 2 aromatic heterocycles. The van der Waals surface area contributed by atoms with Crippen molar-refractivity contribution in [3.63, 3.8) is 0 Å². The van der Waals surface area contributed by atoms with Gasteiger partial charge in [-0.25, -0.2) is 9.78 Å². The van der Waals surface area contributed by atoms with Gasteiger partial charge in [0.2, 0.25) is 5.88 Å². The first-order valence-electron chi connectivity index (χ1n) is 5.47. The van der Waals surface area contributed by atoms with Crippen molar-refractivity contribution in [2.24, 2.45) is 0 Å². The van der Waals surface area contributed by atoms with E-state index in [2.05, 4.69) is 10.1 Å². The van der Waals surface area contributed by atoms with Gasteiger partial charge in [0.15, 0.2) is 5.75 Å². The Morgan fingerprint density at radius 2 is 2.28 bits per heavy atom. The number of carboxylic acids is 1. The van der Waals surface area contributed by atoms with Crippen molar-refractivity contribution < 1.29 is 14.6 Å². The second kappa shape index (κ2) is 4.87. The minimum atomic E-state index is -1.01. The molecule has 0 aliphatic heterocycles. The fraction of sp³-hybridized carbons (Fsp3) is 0.250. The van der Waals surface area contributed by atoms with E-state index in [0.717, 1.165) is 0 Å². The Bertz CT molecular complexity index is 563. The summed E-state index contributed by atoms with van der Waals surface area (Å²) in [5, 5.41) is 13.0. The summed E-state index contributed by atoms with van der Waals surface area (Å²) >= 11 is 0. The van der Waals surface area contributed by atoms with Crippen molar-refractivity contribution >= 4 is 5.97 Å². The fourth-order valence-electron chi connectivity index (χ4n) is 1.37. The zero-order valence-corrected chi connectivity index (χ0v) is 10.1. The average molecular weight is 247 g/mol. The Morgan fingerprint density at radius 1 is 1.50 bits per heavy atom. The number of pyridine rings is 1. The summed E-state index contributed by atoms with van der Waals surface area (Å²) in [6.45, 7) is 4.00. The molecular weight excluding hydrogens is 234 g/mol.